The van der Waals surface area contributed by atoms with Crippen LogP contribution in [0.15, 0.2) is 59.7 Å². The number of benzene rings is 2. The number of hydrogen-bond donors (Lipinski definition) is 1. The summed E-state index contributed by atoms with van der Waals surface area (Å²) in [7, 11) is 3.73. The second-order valence-electron chi connectivity index (χ2n) is 9.35. The van der Waals surface area contributed by atoms with E-state index in [9.17, 15) is 4.79 Å². The van der Waals surface area contributed by atoms with Crippen molar-refractivity contribution in [2.45, 2.75) is 40.2 Å². The Morgan fingerprint density at radius 2 is 1.76 bits per heavy atom. The summed E-state index contributed by atoms with van der Waals surface area (Å²) in [6.45, 7) is 10.6. The fraction of sp³-hybridized carbons (Fsp3) is 0.286. The fourth-order valence-corrected chi connectivity index (χ4v) is 4.56. The van der Waals surface area contributed by atoms with E-state index in [4.69, 9.17) is 4.74 Å². The maximum atomic E-state index is 12.8. The lowest BCUT2D eigenvalue weighted by Crippen LogP contribution is -2.42. The molecule has 0 radical (unpaired) electrons. The van der Waals surface area contributed by atoms with Crippen LogP contribution >= 0.6 is 0 Å². The van der Waals surface area contributed by atoms with Gasteiger partial charge in [-0.1, -0.05) is 12.1 Å². The number of anilines is 1. The number of fused-ring (bicyclic) bond motifs is 1. The minimum atomic E-state index is -0.268. The minimum absolute atomic E-state index is 0.0854. The number of amides is 1. The number of carbonyl (C=O) groups is 1. The molecule has 0 fully saturated rings. The zero-order valence-electron chi connectivity index (χ0n) is 20.9. The third kappa shape index (κ3) is 4.23. The smallest absolute Gasteiger partial charge is 0.271 e. The largest absolute Gasteiger partial charge is 0.496 e. The summed E-state index contributed by atoms with van der Waals surface area (Å²) in [5, 5.41) is 4.23. The maximum absolute atomic E-state index is 12.8. The lowest BCUT2D eigenvalue weighted by molar-refractivity contribution is 0.0955. The number of hydrazone groups is 1. The highest BCUT2D eigenvalue weighted by Gasteiger charge is 2.29. The Kier molecular flexibility index (Phi) is 6.09. The van der Waals surface area contributed by atoms with Crippen molar-refractivity contribution in [2.75, 3.05) is 19.1 Å². The molecule has 34 heavy (non-hydrogen) atoms. The van der Waals surface area contributed by atoms with Gasteiger partial charge in [-0.3, -0.25) is 4.79 Å². The lowest BCUT2D eigenvalue weighted by atomic mass is 9.88. The molecule has 2 aromatic carbocycles. The van der Waals surface area contributed by atoms with E-state index in [2.05, 4.69) is 72.1 Å². The van der Waals surface area contributed by atoms with Crippen molar-refractivity contribution in [3.63, 3.8) is 0 Å². The molecule has 0 unspecified atom stereocenters. The molecule has 1 aliphatic rings. The number of nitrogens with one attached hydrogen (secondary N) is 1. The molecular formula is C28H32N4O2. The quantitative estimate of drug-likeness (QED) is 0.407. The highest BCUT2D eigenvalue weighted by atomic mass is 16.5. The molecule has 1 amide bonds. The first-order valence-corrected chi connectivity index (χ1v) is 11.4. The Morgan fingerprint density at radius 1 is 1.06 bits per heavy atom. The van der Waals surface area contributed by atoms with Crippen LogP contribution in [0.5, 0.6) is 5.75 Å². The fourth-order valence-electron chi connectivity index (χ4n) is 4.56. The summed E-state index contributed by atoms with van der Waals surface area (Å²) in [5.74, 6) is 0.435. The van der Waals surface area contributed by atoms with Crippen molar-refractivity contribution in [1.29, 1.82) is 0 Å². The molecule has 4 rings (SSSR count). The van der Waals surface area contributed by atoms with Gasteiger partial charge in [-0.25, -0.2) is 5.43 Å². The van der Waals surface area contributed by atoms with Gasteiger partial charge < -0.3 is 14.2 Å². The lowest BCUT2D eigenvalue weighted by Gasteiger charge is -2.40. The van der Waals surface area contributed by atoms with Crippen LogP contribution in [0.3, 0.4) is 0 Å². The van der Waals surface area contributed by atoms with Gasteiger partial charge in [-0.15, -0.1) is 0 Å². The van der Waals surface area contributed by atoms with E-state index >= 15 is 0 Å². The summed E-state index contributed by atoms with van der Waals surface area (Å²) in [5.41, 5.74) is 10.5. The number of aromatic nitrogens is 1. The van der Waals surface area contributed by atoms with Gasteiger partial charge in [0.2, 0.25) is 0 Å². The number of allylic oxidation sites excluding steroid dienone is 1. The molecule has 176 valence electrons. The van der Waals surface area contributed by atoms with Gasteiger partial charge in [0.05, 0.1) is 18.9 Å². The molecule has 0 saturated heterocycles. The average molecular weight is 457 g/mol. The van der Waals surface area contributed by atoms with E-state index in [1.165, 1.54) is 5.57 Å². The molecule has 0 spiro atoms. The van der Waals surface area contributed by atoms with Crippen molar-refractivity contribution in [1.82, 2.24) is 9.99 Å². The summed E-state index contributed by atoms with van der Waals surface area (Å²) in [6, 6.07) is 15.7. The zero-order chi connectivity index (χ0) is 24.6. The molecule has 0 saturated carbocycles. The summed E-state index contributed by atoms with van der Waals surface area (Å²) in [6.07, 6.45) is 3.89. The molecule has 0 atom stereocenters. The van der Waals surface area contributed by atoms with Gasteiger partial charge in [0.15, 0.2) is 0 Å². The first-order valence-electron chi connectivity index (χ1n) is 11.4. The Balaban J connectivity index is 1.57. The Morgan fingerprint density at radius 3 is 2.44 bits per heavy atom. The molecule has 1 N–H and O–H groups in total. The third-order valence-electron chi connectivity index (χ3n) is 6.58. The van der Waals surface area contributed by atoms with Gasteiger partial charge in [-0.2, -0.15) is 5.10 Å². The number of carbonyl (C=O) groups excluding carboxylic acids is 1. The number of methoxy groups -OCH3 is 1. The predicted molar refractivity (Wildman–Crippen MR) is 139 cm³/mol. The van der Waals surface area contributed by atoms with E-state index in [1.807, 2.05) is 38.1 Å². The van der Waals surface area contributed by atoms with Crippen LogP contribution in [0.2, 0.25) is 0 Å². The van der Waals surface area contributed by atoms with Gasteiger partial charge in [0.1, 0.15) is 5.75 Å². The van der Waals surface area contributed by atoms with Crippen LogP contribution in [0, 0.1) is 13.8 Å². The Labute approximate surface area is 201 Å². The molecule has 6 heteroatoms. The van der Waals surface area contributed by atoms with Crippen LogP contribution in [0.4, 0.5) is 5.69 Å². The van der Waals surface area contributed by atoms with Crippen LogP contribution in [-0.2, 0) is 0 Å². The first kappa shape index (κ1) is 23.4. The Hall–Kier alpha value is -3.80. The summed E-state index contributed by atoms with van der Waals surface area (Å²) >= 11 is 0. The third-order valence-corrected chi connectivity index (χ3v) is 6.58. The number of hydrogen-bond acceptors (Lipinski definition) is 4. The number of rotatable bonds is 5. The van der Waals surface area contributed by atoms with Crippen LogP contribution in [-0.4, -0.2) is 36.4 Å². The van der Waals surface area contributed by atoms with Crippen molar-refractivity contribution < 1.29 is 9.53 Å². The first-order chi connectivity index (χ1) is 16.1. The number of ether oxygens (including phenoxy) is 1. The van der Waals surface area contributed by atoms with Crippen molar-refractivity contribution in [3.05, 3.63) is 82.7 Å². The second kappa shape index (κ2) is 8.86. The van der Waals surface area contributed by atoms with Crippen LogP contribution < -0.4 is 15.1 Å². The summed E-state index contributed by atoms with van der Waals surface area (Å²) < 4.78 is 7.75. The molecular weight excluding hydrogens is 424 g/mol. The SMILES string of the molecule is COc1cc2c(cc1/C=N\NC(=O)c1cccc(-n3c(C)ccc3C)c1)C(C)=CC(C)(C)N2C. The van der Waals surface area contributed by atoms with Crippen LogP contribution in [0.25, 0.3) is 11.3 Å². The van der Waals surface area contributed by atoms with E-state index < -0.39 is 0 Å². The van der Waals surface area contributed by atoms with E-state index in [0.717, 1.165) is 33.9 Å². The topological polar surface area (TPSA) is 58.9 Å². The van der Waals surface area contributed by atoms with E-state index in [-0.39, 0.29) is 11.4 Å². The van der Waals surface area contributed by atoms with Crippen molar-refractivity contribution >= 4 is 23.4 Å². The number of nitrogens with zero attached hydrogens (tertiary/aromatic N) is 3. The van der Waals surface area contributed by atoms with Gasteiger partial charge >= 0.3 is 0 Å². The number of likely N-dealkylation sites (N-methyl/N-ethyl adjacent to an activating group) is 1. The maximum Gasteiger partial charge on any atom is 0.271 e. The second-order valence-corrected chi connectivity index (χ2v) is 9.35. The van der Waals surface area contributed by atoms with Gasteiger partial charge in [0.25, 0.3) is 5.91 Å². The normalized spacial score (nSPS) is 14.7. The molecule has 1 aromatic heterocycles. The minimum Gasteiger partial charge on any atom is -0.496 e. The monoisotopic (exact) mass is 456 g/mol. The van der Waals surface area contributed by atoms with Crippen LogP contribution in [0.1, 0.15) is 53.6 Å². The van der Waals surface area contributed by atoms with Gasteiger partial charge in [0, 0.05) is 52.6 Å². The van der Waals surface area contributed by atoms with Crippen molar-refractivity contribution in [3.8, 4) is 11.4 Å². The Bertz CT molecular complexity index is 1290. The zero-order valence-corrected chi connectivity index (χ0v) is 20.9. The molecule has 2 heterocycles. The average Bonchev–Trinajstić information content (AvgIpc) is 3.14. The standard InChI is InChI=1S/C28H32N4O2/c1-18-16-28(4,5)31(6)25-15-26(34-7)22(14-24(18)25)17-29-30-27(33)21-9-8-10-23(13-21)32-19(2)11-12-20(32)3/h8-17H,1-7H3,(H,30,33)/b29-17-. The predicted octanol–water partition coefficient (Wildman–Crippen LogP) is 5.50. The molecule has 1 aliphatic heterocycles. The van der Waals surface area contributed by atoms with Gasteiger partial charge in [-0.05, 0) is 76.6 Å². The molecule has 0 aliphatic carbocycles. The number of aryl methyl sites for hydroxylation is 2. The molecule has 6 nitrogen and oxygen atoms in total. The highest BCUT2D eigenvalue weighted by molar-refractivity contribution is 5.96. The summed E-state index contributed by atoms with van der Waals surface area (Å²) in [4.78, 5) is 15.0. The molecule has 3 aromatic rings. The van der Waals surface area contributed by atoms with E-state index in [1.54, 1.807) is 19.4 Å². The molecule has 0 bridgehead atoms. The van der Waals surface area contributed by atoms with E-state index in [0.29, 0.717) is 11.3 Å². The highest BCUT2D eigenvalue weighted by Crippen LogP contribution is 2.40. The van der Waals surface area contributed by atoms with Crippen molar-refractivity contribution in [2.24, 2.45) is 5.10 Å².